The van der Waals surface area contributed by atoms with Crippen LogP contribution in [0.15, 0.2) is 4.47 Å². The minimum Gasteiger partial charge on any atom is -0.330 e. The van der Waals surface area contributed by atoms with Crippen LogP contribution in [-0.2, 0) is 7.05 Å². The van der Waals surface area contributed by atoms with E-state index in [0.717, 1.165) is 16.6 Å². The summed E-state index contributed by atoms with van der Waals surface area (Å²) in [5.74, 6) is 0.403. The van der Waals surface area contributed by atoms with E-state index in [2.05, 4.69) is 28.0 Å². The lowest BCUT2D eigenvalue weighted by atomic mass is 10.0. The van der Waals surface area contributed by atoms with E-state index in [4.69, 9.17) is 5.73 Å². The molecule has 0 saturated carbocycles. The van der Waals surface area contributed by atoms with E-state index in [1.54, 1.807) is 0 Å². The van der Waals surface area contributed by atoms with Crippen LogP contribution < -0.4 is 5.73 Å². The third kappa shape index (κ3) is 1.94. The van der Waals surface area contributed by atoms with Gasteiger partial charge < -0.3 is 5.73 Å². The van der Waals surface area contributed by atoms with Gasteiger partial charge in [-0.1, -0.05) is 6.92 Å². The molecule has 13 heavy (non-hydrogen) atoms. The molecule has 0 bridgehead atoms. The zero-order chi connectivity index (χ0) is 10.0. The lowest BCUT2D eigenvalue weighted by Gasteiger charge is -2.13. The molecule has 0 aliphatic heterocycles. The van der Waals surface area contributed by atoms with Crippen LogP contribution in [0.1, 0.15) is 30.7 Å². The van der Waals surface area contributed by atoms with Crippen molar-refractivity contribution in [3.63, 3.8) is 0 Å². The third-order valence-electron chi connectivity index (χ3n) is 2.36. The molecule has 1 heterocycles. The average Bonchev–Trinajstić information content (AvgIpc) is 2.34. The van der Waals surface area contributed by atoms with Gasteiger partial charge in [0.15, 0.2) is 0 Å². The van der Waals surface area contributed by atoms with Gasteiger partial charge in [-0.3, -0.25) is 4.68 Å². The predicted molar refractivity (Wildman–Crippen MR) is 57.7 cm³/mol. The van der Waals surface area contributed by atoms with Crippen molar-refractivity contribution in [3.05, 3.63) is 15.9 Å². The highest BCUT2D eigenvalue weighted by molar-refractivity contribution is 9.10. The molecule has 0 saturated heterocycles. The van der Waals surface area contributed by atoms with E-state index in [1.165, 1.54) is 5.69 Å². The monoisotopic (exact) mass is 245 g/mol. The standard InChI is InChI=1S/C9H16BrN3/c1-4-7(5-11)9-8(10)6(2)12-13(9)3/h7H,4-5,11H2,1-3H3. The Kier molecular flexibility index (Phi) is 3.50. The van der Waals surface area contributed by atoms with Gasteiger partial charge in [0.05, 0.1) is 15.9 Å². The Morgan fingerprint density at radius 3 is 2.54 bits per heavy atom. The molecule has 1 rings (SSSR count). The molecule has 0 fully saturated rings. The summed E-state index contributed by atoms with van der Waals surface area (Å²) in [5.41, 5.74) is 7.94. The van der Waals surface area contributed by atoms with Crippen LogP contribution in [0.25, 0.3) is 0 Å². The number of aryl methyl sites for hydroxylation is 2. The quantitative estimate of drug-likeness (QED) is 0.885. The van der Waals surface area contributed by atoms with Crippen molar-refractivity contribution < 1.29 is 0 Å². The maximum atomic E-state index is 5.70. The van der Waals surface area contributed by atoms with Gasteiger partial charge >= 0.3 is 0 Å². The molecular formula is C9H16BrN3. The van der Waals surface area contributed by atoms with E-state index in [9.17, 15) is 0 Å². The molecule has 0 aliphatic carbocycles. The summed E-state index contributed by atoms with van der Waals surface area (Å²) in [6, 6.07) is 0. The third-order valence-corrected chi connectivity index (χ3v) is 3.34. The zero-order valence-electron chi connectivity index (χ0n) is 8.34. The molecule has 4 heteroatoms. The molecule has 1 unspecified atom stereocenters. The Labute approximate surface area is 87.4 Å². The second-order valence-electron chi connectivity index (χ2n) is 3.25. The summed E-state index contributed by atoms with van der Waals surface area (Å²) >= 11 is 3.54. The van der Waals surface area contributed by atoms with Gasteiger partial charge in [-0.05, 0) is 29.3 Å². The number of rotatable bonds is 3. The molecule has 0 aromatic carbocycles. The molecule has 1 aromatic heterocycles. The first kappa shape index (κ1) is 10.7. The normalized spacial score (nSPS) is 13.3. The lowest BCUT2D eigenvalue weighted by molar-refractivity contribution is 0.591. The first-order valence-corrected chi connectivity index (χ1v) is 5.30. The first-order chi connectivity index (χ1) is 6.11. The van der Waals surface area contributed by atoms with Crippen molar-refractivity contribution >= 4 is 15.9 Å². The van der Waals surface area contributed by atoms with Crippen LogP contribution in [0.5, 0.6) is 0 Å². The number of halogens is 1. The summed E-state index contributed by atoms with van der Waals surface area (Å²) in [6.07, 6.45) is 1.05. The fourth-order valence-electron chi connectivity index (χ4n) is 1.57. The molecule has 2 N–H and O–H groups in total. The number of hydrogen-bond acceptors (Lipinski definition) is 2. The zero-order valence-corrected chi connectivity index (χ0v) is 9.93. The van der Waals surface area contributed by atoms with Crippen LogP contribution >= 0.6 is 15.9 Å². The second-order valence-corrected chi connectivity index (χ2v) is 4.04. The molecule has 3 nitrogen and oxygen atoms in total. The summed E-state index contributed by atoms with van der Waals surface area (Å²) in [4.78, 5) is 0. The average molecular weight is 246 g/mol. The Morgan fingerprint density at radius 1 is 1.62 bits per heavy atom. The van der Waals surface area contributed by atoms with Gasteiger partial charge in [0, 0.05) is 19.5 Å². The fraction of sp³-hybridized carbons (Fsp3) is 0.667. The minimum atomic E-state index is 0.403. The van der Waals surface area contributed by atoms with Crippen molar-refractivity contribution in [1.29, 1.82) is 0 Å². The summed E-state index contributed by atoms with van der Waals surface area (Å²) in [5, 5.41) is 4.34. The predicted octanol–water partition coefficient (Wildman–Crippen LogP) is 1.94. The lowest BCUT2D eigenvalue weighted by Crippen LogP contribution is -2.15. The molecule has 0 radical (unpaired) electrons. The van der Waals surface area contributed by atoms with E-state index in [0.29, 0.717) is 12.5 Å². The van der Waals surface area contributed by atoms with Gasteiger partial charge in [-0.25, -0.2) is 0 Å². The van der Waals surface area contributed by atoms with E-state index in [1.807, 2.05) is 18.7 Å². The number of hydrogen-bond donors (Lipinski definition) is 1. The maximum absolute atomic E-state index is 5.70. The molecule has 0 aliphatic rings. The second kappa shape index (κ2) is 4.24. The Balaban J connectivity index is 3.11. The first-order valence-electron chi connectivity index (χ1n) is 4.50. The summed E-state index contributed by atoms with van der Waals surface area (Å²) in [7, 11) is 1.96. The minimum absolute atomic E-state index is 0.403. The highest BCUT2D eigenvalue weighted by atomic mass is 79.9. The van der Waals surface area contributed by atoms with Gasteiger partial charge in [0.25, 0.3) is 0 Å². The number of nitrogens with zero attached hydrogens (tertiary/aromatic N) is 2. The van der Waals surface area contributed by atoms with Gasteiger partial charge in [0.1, 0.15) is 0 Å². The van der Waals surface area contributed by atoms with E-state index in [-0.39, 0.29) is 0 Å². The van der Waals surface area contributed by atoms with Crippen LogP contribution in [0, 0.1) is 6.92 Å². The SMILES string of the molecule is CCC(CN)c1c(Br)c(C)nn1C. The van der Waals surface area contributed by atoms with E-state index < -0.39 is 0 Å². The van der Waals surface area contributed by atoms with Crippen LogP contribution in [-0.4, -0.2) is 16.3 Å². The largest absolute Gasteiger partial charge is 0.330 e. The van der Waals surface area contributed by atoms with Crippen molar-refractivity contribution in [2.75, 3.05) is 6.54 Å². The molecule has 0 spiro atoms. The van der Waals surface area contributed by atoms with Crippen LogP contribution in [0.3, 0.4) is 0 Å². The maximum Gasteiger partial charge on any atom is 0.0738 e. The Hall–Kier alpha value is -0.350. The van der Waals surface area contributed by atoms with Crippen molar-refractivity contribution in [2.24, 2.45) is 12.8 Å². The molecule has 0 amide bonds. The molecule has 1 atom stereocenters. The van der Waals surface area contributed by atoms with Crippen molar-refractivity contribution in [2.45, 2.75) is 26.2 Å². The fourth-order valence-corrected chi connectivity index (χ4v) is 2.22. The molecule has 1 aromatic rings. The topological polar surface area (TPSA) is 43.8 Å². The highest BCUT2D eigenvalue weighted by Crippen LogP contribution is 2.28. The van der Waals surface area contributed by atoms with Gasteiger partial charge in [-0.2, -0.15) is 5.10 Å². The molecular weight excluding hydrogens is 230 g/mol. The number of nitrogens with two attached hydrogens (primary N) is 1. The Morgan fingerprint density at radius 2 is 2.23 bits per heavy atom. The smallest absolute Gasteiger partial charge is 0.0738 e. The van der Waals surface area contributed by atoms with Crippen LogP contribution in [0.4, 0.5) is 0 Å². The highest BCUT2D eigenvalue weighted by Gasteiger charge is 2.17. The number of aromatic nitrogens is 2. The van der Waals surface area contributed by atoms with Crippen LogP contribution in [0.2, 0.25) is 0 Å². The van der Waals surface area contributed by atoms with Crippen molar-refractivity contribution in [3.8, 4) is 0 Å². The summed E-state index contributed by atoms with van der Waals surface area (Å²) in [6.45, 7) is 4.82. The van der Waals surface area contributed by atoms with Crippen molar-refractivity contribution in [1.82, 2.24) is 9.78 Å². The van der Waals surface area contributed by atoms with Gasteiger partial charge in [-0.15, -0.1) is 0 Å². The molecule has 74 valence electrons. The Bertz CT molecular complexity index is 289. The summed E-state index contributed by atoms with van der Waals surface area (Å²) < 4.78 is 3.02. The van der Waals surface area contributed by atoms with E-state index >= 15 is 0 Å². The van der Waals surface area contributed by atoms with Gasteiger partial charge in [0.2, 0.25) is 0 Å².